The molecule has 1 rings (SSSR count). The molecule has 0 radical (unpaired) electrons. The number of urea groups is 1. The highest BCUT2D eigenvalue weighted by Crippen LogP contribution is 2.26. The van der Waals surface area contributed by atoms with Crippen LogP contribution in [0, 0.1) is 5.92 Å². The molecule has 0 saturated carbocycles. The number of hydrogen-bond acceptors (Lipinski definition) is 4. The van der Waals surface area contributed by atoms with Crippen LogP contribution in [0.1, 0.15) is 20.3 Å². The van der Waals surface area contributed by atoms with Crippen LogP contribution in [0.2, 0.25) is 0 Å². The maximum atomic E-state index is 12.7. The standard InChI is InChI=1S/C14H26N2O5/c1-10(9-21-4)15(7-8-20-3)14(19)16-6-5-12(11(16)2)13(17)18/h10-12H,5-9H2,1-4H3,(H,17,18). The second-order valence-corrected chi connectivity index (χ2v) is 5.44. The Bertz CT molecular complexity index is 363. The Hall–Kier alpha value is -1.34. The second-order valence-electron chi connectivity index (χ2n) is 5.44. The van der Waals surface area contributed by atoms with E-state index in [4.69, 9.17) is 14.6 Å². The average Bonchev–Trinajstić information content (AvgIpc) is 2.81. The van der Waals surface area contributed by atoms with E-state index in [1.807, 2.05) is 6.92 Å². The van der Waals surface area contributed by atoms with Crippen LogP contribution in [0.3, 0.4) is 0 Å². The molecule has 0 aromatic carbocycles. The predicted octanol–water partition coefficient (Wildman–Crippen LogP) is 0.885. The largest absolute Gasteiger partial charge is 0.481 e. The summed E-state index contributed by atoms with van der Waals surface area (Å²) in [5.74, 6) is -1.33. The van der Waals surface area contributed by atoms with E-state index in [9.17, 15) is 9.59 Å². The molecule has 2 amide bonds. The topological polar surface area (TPSA) is 79.3 Å². The van der Waals surface area contributed by atoms with Crippen molar-refractivity contribution in [2.75, 3.05) is 40.5 Å². The van der Waals surface area contributed by atoms with Gasteiger partial charge in [-0.2, -0.15) is 0 Å². The molecule has 0 aromatic heterocycles. The van der Waals surface area contributed by atoms with Crippen molar-refractivity contribution in [1.29, 1.82) is 0 Å². The van der Waals surface area contributed by atoms with E-state index in [1.165, 1.54) is 0 Å². The van der Waals surface area contributed by atoms with E-state index < -0.39 is 11.9 Å². The van der Waals surface area contributed by atoms with Crippen molar-refractivity contribution in [3.8, 4) is 0 Å². The normalized spacial score (nSPS) is 23.1. The van der Waals surface area contributed by atoms with Gasteiger partial charge in [-0.1, -0.05) is 0 Å². The highest BCUT2D eigenvalue weighted by atomic mass is 16.5. The molecule has 3 unspecified atom stereocenters. The molecule has 1 saturated heterocycles. The number of rotatable bonds is 7. The van der Waals surface area contributed by atoms with Gasteiger partial charge in [-0.25, -0.2) is 4.79 Å². The van der Waals surface area contributed by atoms with Crippen molar-refractivity contribution in [2.45, 2.75) is 32.4 Å². The van der Waals surface area contributed by atoms with Gasteiger partial charge in [0.25, 0.3) is 0 Å². The quantitative estimate of drug-likeness (QED) is 0.755. The first-order chi connectivity index (χ1) is 9.93. The molecule has 1 heterocycles. The van der Waals surface area contributed by atoms with Crippen LogP contribution in [0.25, 0.3) is 0 Å². The first kappa shape index (κ1) is 17.7. The van der Waals surface area contributed by atoms with Gasteiger partial charge in [0.05, 0.1) is 25.2 Å². The Labute approximate surface area is 125 Å². The van der Waals surface area contributed by atoms with E-state index >= 15 is 0 Å². The number of amides is 2. The van der Waals surface area contributed by atoms with Gasteiger partial charge < -0.3 is 24.4 Å². The number of carboxylic acids is 1. The summed E-state index contributed by atoms with van der Waals surface area (Å²) >= 11 is 0. The van der Waals surface area contributed by atoms with Crippen LogP contribution < -0.4 is 0 Å². The van der Waals surface area contributed by atoms with Gasteiger partial charge >= 0.3 is 12.0 Å². The molecule has 0 aromatic rings. The summed E-state index contributed by atoms with van der Waals surface area (Å²) in [6, 6.07) is -0.531. The van der Waals surface area contributed by atoms with Crippen molar-refractivity contribution in [3.63, 3.8) is 0 Å². The van der Waals surface area contributed by atoms with Crippen molar-refractivity contribution in [3.05, 3.63) is 0 Å². The molecule has 3 atom stereocenters. The number of carbonyl (C=O) groups excluding carboxylic acids is 1. The van der Waals surface area contributed by atoms with Gasteiger partial charge in [-0.15, -0.1) is 0 Å². The monoisotopic (exact) mass is 302 g/mol. The lowest BCUT2D eigenvalue weighted by Crippen LogP contribution is -2.51. The van der Waals surface area contributed by atoms with Crippen LogP contribution >= 0.6 is 0 Å². The lowest BCUT2D eigenvalue weighted by molar-refractivity contribution is -0.142. The summed E-state index contributed by atoms with van der Waals surface area (Å²) in [5, 5.41) is 9.17. The number of carboxylic acid groups (broad SMARTS) is 1. The first-order valence-electron chi connectivity index (χ1n) is 7.21. The molecule has 0 spiro atoms. The molecule has 1 N–H and O–H groups in total. The smallest absolute Gasteiger partial charge is 0.320 e. The Morgan fingerprint density at radius 1 is 1.38 bits per heavy atom. The average molecular weight is 302 g/mol. The van der Waals surface area contributed by atoms with Gasteiger partial charge in [-0.3, -0.25) is 4.79 Å². The predicted molar refractivity (Wildman–Crippen MR) is 77.2 cm³/mol. The van der Waals surface area contributed by atoms with Gasteiger partial charge in [0.15, 0.2) is 0 Å². The van der Waals surface area contributed by atoms with E-state index in [-0.39, 0.29) is 18.1 Å². The lowest BCUT2D eigenvalue weighted by Gasteiger charge is -2.34. The van der Waals surface area contributed by atoms with E-state index in [2.05, 4.69) is 0 Å². The highest BCUT2D eigenvalue weighted by molar-refractivity contribution is 5.78. The van der Waals surface area contributed by atoms with Gasteiger partial charge in [-0.05, 0) is 20.3 Å². The number of methoxy groups -OCH3 is 2. The molecule has 21 heavy (non-hydrogen) atoms. The van der Waals surface area contributed by atoms with Crippen LogP contribution in [0.4, 0.5) is 4.79 Å². The fourth-order valence-corrected chi connectivity index (χ4v) is 2.73. The Morgan fingerprint density at radius 3 is 2.52 bits per heavy atom. The molecule has 1 aliphatic rings. The van der Waals surface area contributed by atoms with E-state index in [0.29, 0.717) is 32.7 Å². The highest BCUT2D eigenvalue weighted by Gasteiger charge is 2.40. The zero-order valence-electron chi connectivity index (χ0n) is 13.2. The van der Waals surface area contributed by atoms with Crippen molar-refractivity contribution < 1.29 is 24.2 Å². The van der Waals surface area contributed by atoms with E-state index in [1.54, 1.807) is 30.9 Å². The molecular weight excluding hydrogens is 276 g/mol. The van der Waals surface area contributed by atoms with Crippen molar-refractivity contribution in [1.82, 2.24) is 9.80 Å². The third-order valence-corrected chi connectivity index (χ3v) is 4.04. The minimum atomic E-state index is -0.841. The van der Waals surface area contributed by atoms with E-state index in [0.717, 1.165) is 0 Å². The lowest BCUT2D eigenvalue weighted by atomic mass is 10.0. The molecule has 7 heteroatoms. The molecule has 1 fully saturated rings. The summed E-state index contributed by atoms with van der Waals surface area (Å²) in [6.07, 6.45) is 0.499. The fraction of sp³-hybridized carbons (Fsp3) is 0.857. The Kier molecular flexibility index (Phi) is 6.91. The fourth-order valence-electron chi connectivity index (χ4n) is 2.73. The third-order valence-electron chi connectivity index (χ3n) is 4.04. The third kappa shape index (κ3) is 4.31. The first-order valence-corrected chi connectivity index (χ1v) is 7.21. The van der Waals surface area contributed by atoms with Crippen LogP contribution in [-0.2, 0) is 14.3 Å². The van der Waals surface area contributed by atoms with Crippen molar-refractivity contribution in [2.24, 2.45) is 5.92 Å². The molecule has 0 aliphatic carbocycles. The number of ether oxygens (including phenoxy) is 2. The number of hydrogen-bond donors (Lipinski definition) is 1. The minimum Gasteiger partial charge on any atom is -0.481 e. The zero-order chi connectivity index (χ0) is 16.0. The summed E-state index contributed by atoms with van der Waals surface area (Å²) in [5.41, 5.74) is 0. The van der Waals surface area contributed by atoms with Gasteiger partial charge in [0, 0.05) is 33.4 Å². The summed E-state index contributed by atoms with van der Waals surface area (Å²) in [4.78, 5) is 27.2. The Balaban J connectivity index is 2.78. The zero-order valence-corrected chi connectivity index (χ0v) is 13.2. The molecule has 122 valence electrons. The SMILES string of the molecule is COCCN(C(=O)N1CCC(C(=O)O)C1C)C(C)COC. The molecule has 7 nitrogen and oxygen atoms in total. The van der Waals surface area contributed by atoms with Crippen LogP contribution in [-0.4, -0.2) is 79.5 Å². The van der Waals surface area contributed by atoms with Crippen LogP contribution in [0.15, 0.2) is 0 Å². The maximum Gasteiger partial charge on any atom is 0.320 e. The minimum absolute atomic E-state index is 0.0891. The van der Waals surface area contributed by atoms with Gasteiger partial charge in [0.2, 0.25) is 0 Å². The number of carbonyl (C=O) groups is 2. The summed E-state index contributed by atoms with van der Waals surface area (Å²) < 4.78 is 10.2. The molecule has 1 aliphatic heterocycles. The second kappa shape index (κ2) is 8.19. The Morgan fingerprint density at radius 2 is 2.05 bits per heavy atom. The number of aliphatic carboxylic acids is 1. The maximum absolute atomic E-state index is 12.7. The van der Waals surface area contributed by atoms with Crippen LogP contribution in [0.5, 0.6) is 0 Å². The molecular formula is C14H26N2O5. The number of nitrogens with zero attached hydrogens (tertiary/aromatic N) is 2. The van der Waals surface area contributed by atoms with Gasteiger partial charge in [0.1, 0.15) is 0 Å². The number of likely N-dealkylation sites (tertiary alicyclic amines) is 1. The van der Waals surface area contributed by atoms with Crippen molar-refractivity contribution >= 4 is 12.0 Å². The summed E-state index contributed by atoms with van der Waals surface area (Å²) in [7, 11) is 3.18. The molecule has 0 bridgehead atoms. The summed E-state index contributed by atoms with van der Waals surface area (Å²) in [6.45, 7) is 5.50.